The lowest BCUT2D eigenvalue weighted by Crippen LogP contribution is -2.49. The molecule has 2 N–H and O–H groups in total. The fourth-order valence-electron chi connectivity index (χ4n) is 2.63. The summed E-state index contributed by atoms with van der Waals surface area (Å²) in [5, 5.41) is 2.06. The highest BCUT2D eigenvalue weighted by molar-refractivity contribution is 7.09. The molecule has 5 heteroatoms. The lowest BCUT2D eigenvalue weighted by Gasteiger charge is -2.38. The predicted molar refractivity (Wildman–Crippen MR) is 82.8 cm³/mol. The normalized spacial score (nSPS) is 22.9. The summed E-state index contributed by atoms with van der Waals surface area (Å²) >= 11 is 1.72. The van der Waals surface area contributed by atoms with Crippen molar-refractivity contribution in [3.8, 4) is 0 Å². The third kappa shape index (κ3) is 4.48. The van der Waals surface area contributed by atoms with Crippen LogP contribution in [0.4, 0.5) is 0 Å². The highest BCUT2D eigenvalue weighted by Crippen LogP contribution is 2.23. The van der Waals surface area contributed by atoms with E-state index in [1.807, 2.05) is 11.0 Å². The smallest absolute Gasteiger partial charge is 0.223 e. The zero-order valence-electron chi connectivity index (χ0n) is 11.4. The van der Waals surface area contributed by atoms with E-state index in [0.717, 1.165) is 25.8 Å². The Hall–Kier alpha value is -0.580. The molecule has 0 saturated carbocycles. The van der Waals surface area contributed by atoms with Crippen molar-refractivity contribution in [1.29, 1.82) is 0 Å². The van der Waals surface area contributed by atoms with Crippen molar-refractivity contribution in [3.63, 3.8) is 0 Å². The third-order valence-electron chi connectivity index (χ3n) is 3.74. The molecule has 2 rings (SSSR count). The average Bonchev–Trinajstić information content (AvgIpc) is 2.88. The molecule has 108 valence electrons. The Morgan fingerprint density at radius 3 is 3.00 bits per heavy atom. The maximum atomic E-state index is 12.2. The van der Waals surface area contributed by atoms with E-state index in [2.05, 4.69) is 18.4 Å². The standard InChI is InChI=1S/C14H22N2OS.ClH/c1-11-6-7-16(12(9-11)10-15)14(17)5-4-13-3-2-8-18-13;/h2-3,8,11-12H,4-7,9-10,15H2,1H3;1H. The Morgan fingerprint density at radius 2 is 2.37 bits per heavy atom. The molecular weight excluding hydrogens is 280 g/mol. The fraction of sp³-hybridized carbons (Fsp3) is 0.643. The van der Waals surface area contributed by atoms with Crippen LogP contribution >= 0.6 is 23.7 Å². The number of hydrogen-bond acceptors (Lipinski definition) is 3. The van der Waals surface area contributed by atoms with Crippen LogP contribution in [0.5, 0.6) is 0 Å². The summed E-state index contributed by atoms with van der Waals surface area (Å²) in [4.78, 5) is 15.5. The molecule has 1 aromatic rings. The van der Waals surface area contributed by atoms with Gasteiger partial charge in [-0.1, -0.05) is 13.0 Å². The molecule has 19 heavy (non-hydrogen) atoms. The van der Waals surface area contributed by atoms with E-state index in [4.69, 9.17) is 5.73 Å². The van der Waals surface area contributed by atoms with Crippen molar-refractivity contribution in [3.05, 3.63) is 22.4 Å². The second kappa shape index (κ2) is 7.88. The van der Waals surface area contributed by atoms with E-state index in [9.17, 15) is 4.79 Å². The van der Waals surface area contributed by atoms with E-state index < -0.39 is 0 Å². The van der Waals surface area contributed by atoms with E-state index in [1.165, 1.54) is 4.88 Å². The number of aryl methyl sites for hydroxylation is 1. The van der Waals surface area contributed by atoms with Crippen LogP contribution in [0.15, 0.2) is 17.5 Å². The molecular formula is C14H23ClN2OS. The van der Waals surface area contributed by atoms with Gasteiger partial charge in [-0.25, -0.2) is 0 Å². The number of carbonyl (C=O) groups is 1. The number of carbonyl (C=O) groups excluding carboxylic acids is 1. The number of nitrogens with two attached hydrogens (primary N) is 1. The Bertz CT molecular complexity index is 383. The zero-order chi connectivity index (χ0) is 13.0. The van der Waals surface area contributed by atoms with Gasteiger partial charge in [-0.3, -0.25) is 4.79 Å². The Balaban J connectivity index is 0.00000180. The van der Waals surface area contributed by atoms with Gasteiger partial charge in [0.15, 0.2) is 0 Å². The van der Waals surface area contributed by atoms with Crippen LogP contribution in [0.3, 0.4) is 0 Å². The number of piperidine rings is 1. The number of likely N-dealkylation sites (tertiary alicyclic amines) is 1. The molecule has 0 aromatic carbocycles. The SMILES string of the molecule is CC1CCN(C(=O)CCc2cccs2)C(CN)C1.Cl. The summed E-state index contributed by atoms with van der Waals surface area (Å²) in [5.41, 5.74) is 5.79. The monoisotopic (exact) mass is 302 g/mol. The van der Waals surface area contributed by atoms with Gasteiger partial charge in [0.2, 0.25) is 5.91 Å². The number of thiophene rings is 1. The lowest BCUT2D eigenvalue weighted by atomic mass is 9.92. The van der Waals surface area contributed by atoms with Gasteiger partial charge in [0, 0.05) is 30.4 Å². The number of halogens is 1. The zero-order valence-corrected chi connectivity index (χ0v) is 13.0. The number of amides is 1. The highest BCUT2D eigenvalue weighted by Gasteiger charge is 2.28. The summed E-state index contributed by atoms with van der Waals surface area (Å²) in [6.07, 6.45) is 3.65. The van der Waals surface area contributed by atoms with Gasteiger partial charge in [-0.05, 0) is 36.6 Å². The van der Waals surface area contributed by atoms with Gasteiger partial charge in [0.1, 0.15) is 0 Å². The van der Waals surface area contributed by atoms with E-state index in [-0.39, 0.29) is 24.4 Å². The molecule has 2 atom stereocenters. The summed E-state index contributed by atoms with van der Waals surface area (Å²) < 4.78 is 0. The lowest BCUT2D eigenvalue weighted by molar-refractivity contribution is -0.135. The second-order valence-electron chi connectivity index (χ2n) is 5.19. The summed E-state index contributed by atoms with van der Waals surface area (Å²) in [6, 6.07) is 4.39. The van der Waals surface area contributed by atoms with Crippen molar-refractivity contribution in [2.75, 3.05) is 13.1 Å². The van der Waals surface area contributed by atoms with Crippen LogP contribution in [0.25, 0.3) is 0 Å². The first-order chi connectivity index (χ1) is 8.70. The molecule has 1 fully saturated rings. The first-order valence-corrected chi connectivity index (χ1v) is 7.60. The molecule has 0 spiro atoms. The van der Waals surface area contributed by atoms with Crippen molar-refractivity contribution in [1.82, 2.24) is 4.90 Å². The summed E-state index contributed by atoms with van der Waals surface area (Å²) in [7, 11) is 0. The first kappa shape index (κ1) is 16.5. The maximum absolute atomic E-state index is 12.2. The predicted octanol–water partition coefficient (Wildman–Crippen LogP) is 2.69. The van der Waals surface area contributed by atoms with Crippen molar-refractivity contribution < 1.29 is 4.79 Å². The Labute approximate surface area is 125 Å². The summed E-state index contributed by atoms with van der Waals surface area (Å²) in [6.45, 7) is 3.72. The van der Waals surface area contributed by atoms with Crippen LogP contribution in [0.2, 0.25) is 0 Å². The maximum Gasteiger partial charge on any atom is 0.223 e. The molecule has 1 aromatic heterocycles. The second-order valence-corrected chi connectivity index (χ2v) is 6.22. The average molecular weight is 303 g/mol. The minimum atomic E-state index is 0. The third-order valence-corrected chi connectivity index (χ3v) is 4.67. The molecule has 2 unspecified atom stereocenters. The first-order valence-electron chi connectivity index (χ1n) is 6.72. The largest absolute Gasteiger partial charge is 0.338 e. The quantitative estimate of drug-likeness (QED) is 0.929. The fourth-order valence-corrected chi connectivity index (χ4v) is 3.34. The van der Waals surface area contributed by atoms with Crippen molar-refractivity contribution in [2.24, 2.45) is 11.7 Å². The highest BCUT2D eigenvalue weighted by atomic mass is 35.5. The topological polar surface area (TPSA) is 46.3 Å². The molecule has 3 nitrogen and oxygen atoms in total. The minimum absolute atomic E-state index is 0. The van der Waals surface area contributed by atoms with E-state index in [1.54, 1.807) is 11.3 Å². The van der Waals surface area contributed by atoms with Gasteiger partial charge in [0.05, 0.1) is 0 Å². The number of rotatable bonds is 4. The molecule has 1 amide bonds. The van der Waals surface area contributed by atoms with Crippen LogP contribution in [0, 0.1) is 5.92 Å². The Kier molecular flexibility index (Phi) is 6.83. The van der Waals surface area contributed by atoms with E-state index in [0.29, 0.717) is 18.9 Å². The molecule has 2 heterocycles. The van der Waals surface area contributed by atoms with Crippen LogP contribution in [0.1, 0.15) is 31.1 Å². The van der Waals surface area contributed by atoms with Gasteiger partial charge in [0.25, 0.3) is 0 Å². The molecule has 0 bridgehead atoms. The van der Waals surface area contributed by atoms with E-state index >= 15 is 0 Å². The van der Waals surface area contributed by atoms with Gasteiger partial charge < -0.3 is 10.6 Å². The number of hydrogen-bond donors (Lipinski definition) is 1. The molecule has 0 aliphatic carbocycles. The van der Waals surface area contributed by atoms with Crippen molar-refractivity contribution >= 4 is 29.7 Å². The van der Waals surface area contributed by atoms with Crippen molar-refractivity contribution in [2.45, 2.75) is 38.6 Å². The molecule has 1 aliphatic rings. The van der Waals surface area contributed by atoms with Gasteiger partial charge in [-0.15, -0.1) is 23.7 Å². The Morgan fingerprint density at radius 1 is 1.58 bits per heavy atom. The molecule has 0 radical (unpaired) electrons. The minimum Gasteiger partial charge on any atom is -0.338 e. The van der Waals surface area contributed by atoms with Crippen LogP contribution in [-0.2, 0) is 11.2 Å². The molecule has 1 aliphatic heterocycles. The van der Waals surface area contributed by atoms with Crippen LogP contribution < -0.4 is 5.73 Å². The number of nitrogens with zero attached hydrogens (tertiary/aromatic N) is 1. The van der Waals surface area contributed by atoms with Crippen LogP contribution in [-0.4, -0.2) is 29.9 Å². The molecule has 1 saturated heterocycles. The van der Waals surface area contributed by atoms with Gasteiger partial charge >= 0.3 is 0 Å². The van der Waals surface area contributed by atoms with Gasteiger partial charge in [-0.2, -0.15) is 0 Å². The summed E-state index contributed by atoms with van der Waals surface area (Å²) in [5.74, 6) is 0.964.